The number of anilines is 1. The number of carbonyl (C=O) groups excluding carboxylic acids is 4. The molecule has 4 aliphatic heterocycles. The summed E-state index contributed by atoms with van der Waals surface area (Å²) in [5, 5.41) is 15.3. The third kappa shape index (κ3) is 7.78. The van der Waals surface area contributed by atoms with Crippen LogP contribution in [0.1, 0.15) is 82.6 Å². The number of amides is 4. The van der Waals surface area contributed by atoms with Gasteiger partial charge in [0.2, 0.25) is 11.8 Å². The molecule has 2 aromatic rings. The number of carbonyl (C=O) groups is 4. The molecule has 12 nitrogen and oxygen atoms in total. The number of piperidine rings is 2. The highest BCUT2D eigenvalue weighted by Crippen LogP contribution is 2.55. The molecular weight excluding hydrogens is 766 g/mol. The molecule has 0 aromatic heterocycles. The maximum atomic E-state index is 13.5. The fourth-order valence-electron chi connectivity index (χ4n) is 11.0. The van der Waals surface area contributed by atoms with Crippen molar-refractivity contribution < 1.29 is 23.9 Å². The number of rotatable bonds is 9. The minimum absolute atomic E-state index is 0.0956. The van der Waals surface area contributed by atoms with E-state index in [1.165, 1.54) is 0 Å². The van der Waals surface area contributed by atoms with E-state index in [4.69, 9.17) is 16.3 Å². The number of piperazine rings is 1. The molecule has 2 atom stereocenters. The smallest absolute Gasteiger partial charge is 0.254 e. The van der Waals surface area contributed by atoms with Crippen LogP contribution >= 0.6 is 11.6 Å². The van der Waals surface area contributed by atoms with E-state index in [9.17, 15) is 24.4 Å². The number of imide groups is 1. The van der Waals surface area contributed by atoms with Gasteiger partial charge in [-0.05, 0) is 80.5 Å². The van der Waals surface area contributed by atoms with Crippen LogP contribution in [0.3, 0.4) is 0 Å². The van der Waals surface area contributed by atoms with E-state index in [-0.39, 0.29) is 58.6 Å². The Morgan fingerprint density at radius 2 is 1.64 bits per heavy atom. The van der Waals surface area contributed by atoms with Crippen molar-refractivity contribution in [2.24, 2.45) is 16.7 Å². The second-order valence-electron chi connectivity index (χ2n) is 18.8. The average molecular weight is 822 g/mol. The fourth-order valence-corrected chi connectivity index (χ4v) is 11.2. The molecule has 4 heterocycles. The van der Waals surface area contributed by atoms with Crippen LogP contribution in [-0.4, -0.2) is 114 Å². The van der Waals surface area contributed by atoms with Gasteiger partial charge in [0.1, 0.15) is 24.0 Å². The van der Waals surface area contributed by atoms with Crippen molar-refractivity contribution >= 4 is 40.9 Å². The van der Waals surface area contributed by atoms with Crippen LogP contribution in [0.5, 0.6) is 5.75 Å². The summed E-state index contributed by atoms with van der Waals surface area (Å²) in [5.74, 6) is 0.412. The number of nitrogens with zero attached hydrogens (tertiary/aromatic N) is 5. The molecule has 13 heteroatoms. The van der Waals surface area contributed by atoms with E-state index in [0.717, 1.165) is 76.3 Å². The quantitative estimate of drug-likeness (QED) is 0.322. The zero-order chi connectivity index (χ0) is 41.9. The van der Waals surface area contributed by atoms with Gasteiger partial charge in [-0.15, -0.1) is 0 Å². The van der Waals surface area contributed by atoms with Gasteiger partial charge in [-0.1, -0.05) is 51.4 Å². The maximum Gasteiger partial charge on any atom is 0.254 e. The number of hydrogen-bond acceptors (Lipinski definition) is 9. The number of ether oxygens (including phenoxy) is 1. The van der Waals surface area contributed by atoms with Gasteiger partial charge < -0.3 is 24.8 Å². The van der Waals surface area contributed by atoms with Crippen molar-refractivity contribution in [3.8, 4) is 11.8 Å². The second kappa shape index (κ2) is 15.7. The van der Waals surface area contributed by atoms with Crippen molar-refractivity contribution in [3.05, 3.63) is 81.9 Å². The summed E-state index contributed by atoms with van der Waals surface area (Å²) in [6, 6.07) is 14.5. The number of hydrogen-bond donors (Lipinski definition) is 2. The molecule has 4 amide bonds. The summed E-state index contributed by atoms with van der Waals surface area (Å²) < 4.78 is 6.39. The van der Waals surface area contributed by atoms with Gasteiger partial charge in [-0.25, -0.2) is 0 Å². The Bertz CT molecular complexity index is 2110. The van der Waals surface area contributed by atoms with Crippen molar-refractivity contribution in [1.29, 1.82) is 5.26 Å². The molecule has 2 unspecified atom stereocenters. The normalized spacial score (nSPS) is 28.5. The average Bonchev–Trinajstić information content (AvgIpc) is 3.53. The Balaban J connectivity index is 0.775. The van der Waals surface area contributed by atoms with Crippen LogP contribution in [0.2, 0.25) is 5.02 Å². The molecule has 6 aliphatic rings. The molecule has 0 spiro atoms. The monoisotopic (exact) mass is 821 g/mol. The standard InChI is InChI=1S/C46H56ClN7O5/c1-44(2)42(45(3,4)43(44)59-34-11-8-31(26-48)36(47)24-34)50-39(56)30-6-9-33(10-7-30)52-18-15-29(16-19-52)27-51-20-22-53(23-21-51)46(5)17-14-35-32(25-46)28-54(41(35)58)37-12-13-38(55)49-40(37)57/h6-11,14,17,24,29,37,42-43H,12-13,15-16,18-23,25,27-28H2,1-5H3,(H,50,56)(H,49,55,57). The first-order chi connectivity index (χ1) is 28.1. The van der Waals surface area contributed by atoms with Crippen LogP contribution in [-0.2, 0) is 14.4 Å². The molecule has 2 N–H and O–H groups in total. The molecule has 4 fully saturated rings. The minimum atomic E-state index is -0.584. The number of nitrogens with one attached hydrogen (secondary N) is 2. The lowest BCUT2D eigenvalue weighted by molar-refractivity contribution is -0.164. The molecule has 8 rings (SSSR count). The molecule has 2 aliphatic carbocycles. The lowest BCUT2D eigenvalue weighted by Gasteiger charge is -2.63. The zero-order valence-corrected chi connectivity index (χ0v) is 35.6. The molecule has 312 valence electrons. The van der Waals surface area contributed by atoms with Gasteiger partial charge in [0.05, 0.1) is 10.6 Å². The highest BCUT2D eigenvalue weighted by molar-refractivity contribution is 6.31. The largest absolute Gasteiger partial charge is 0.489 e. The second-order valence-corrected chi connectivity index (χ2v) is 19.3. The molecule has 0 bridgehead atoms. The van der Waals surface area contributed by atoms with Gasteiger partial charge in [0, 0.05) is 104 Å². The predicted octanol–water partition coefficient (Wildman–Crippen LogP) is 5.32. The van der Waals surface area contributed by atoms with E-state index in [1.807, 2.05) is 18.2 Å². The maximum absolute atomic E-state index is 13.5. The highest BCUT2D eigenvalue weighted by Gasteiger charge is 2.64. The summed E-state index contributed by atoms with van der Waals surface area (Å²) in [6.07, 6.45) is 7.64. The number of nitriles is 1. The van der Waals surface area contributed by atoms with Gasteiger partial charge in [0.15, 0.2) is 0 Å². The summed E-state index contributed by atoms with van der Waals surface area (Å²) >= 11 is 6.26. The van der Waals surface area contributed by atoms with Crippen LogP contribution in [0.4, 0.5) is 5.69 Å². The molecule has 59 heavy (non-hydrogen) atoms. The van der Waals surface area contributed by atoms with E-state index in [1.54, 1.807) is 23.1 Å². The summed E-state index contributed by atoms with van der Waals surface area (Å²) in [7, 11) is 0. The van der Waals surface area contributed by atoms with E-state index < -0.39 is 6.04 Å². The van der Waals surface area contributed by atoms with Crippen molar-refractivity contribution in [3.63, 3.8) is 0 Å². The van der Waals surface area contributed by atoms with E-state index in [0.29, 0.717) is 46.4 Å². The topological polar surface area (TPSA) is 138 Å². The van der Waals surface area contributed by atoms with Gasteiger partial charge in [-0.3, -0.25) is 29.4 Å². The van der Waals surface area contributed by atoms with Crippen LogP contribution in [0.15, 0.2) is 65.8 Å². The Morgan fingerprint density at radius 1 is 0.949 bits per heavy atom. The zero-order valence-electron chi connectivity index (χ0n) is 34.9. The third-order valence-electron chi connectivity index (χ3n) is 14.2. The molecule has 2 aromatic carbocycles. The molecule has 3 saturated heterocycles. The van der Waals surface area contributed by atoms with Gasteiger partial charge in [0.25, 0.3) is 11.8 Å². The SMILES string of the molecule is CC1(C)C(NC(=O)c2ccc(N3CCC(CN4CCN(C5(C)C=CC6=C(CN(C7CCC(=O)NC7=O)C6=O)C5)CC4)CC3)cc2)C(C)(C)C1Oc1ccc(C#N)c(Cl)c1. The van der Waals surface area contributed by atoms with Crippen LogP contribution < -0.4 is 20.3 Å². The van der Waals surface area contributed by atoms with Gasteiger partial charge >= 0.3 is 0 Å². The lowest BCUT2D eigenvalue weighted by Crippen LogP contribution is -2.74. The van der Waals surface area contributed by atoms with Crippen LogP contribution in [0, 0.1) is 28.1 Å². The molecule has 1 saturated carbocycles. The Morgan fingerprint density at radius 3 is 2.29 bits per heavy atom. The first-order valence-corrected chi connectivity index (χ1v) is 21.5. The van der Waals surface area contributed by atoms with Gasteiger partial charge in [-0.2, -0.15) is 5.26 Å². The fraction of sp³-hybridized carbons (Fsp3) is 0.543. The van der Waals surface area contributed by atoms with Crippen molar-refractivity contribution in [2.75, 3.05) is 57.3 Å². The first-order valence-electron chi connectivity index (χ1n) is 21.1. The Labute approximate surface area is 352 Å². The predicted molar refractivity (Wildman–Crippen MR) is 226 cm³/mol. The molecule has 0 radical (unpaired) electrons. The number of halogens is 1. The molecular formula is C46H56ClN7O5. The Hall–Kier alpha value is -4.70. The summed E-state index contributed by atoms with van der Waals surface area (Å²) in [4.78, 5) is 60.3. The lowest BCUT2D eigenvalue weighted by atomic mass is 9.49. The van der Waals surface area contributed by atoms with Crippen LogP contribution in [0.25, 0.3) is 0 Å². The van der Waals surface area contributed by atoms with E-state index in [2.05, 4.69) is 84.2 Å². The first kappa shape index (κ1) is 41.1. The minimum Gasteiger partial charge on any atom is -0.489 e. The summed E-state index contributed by atoms with van der Waals surface area (Å²) in [5.41, 5.74) is 3.13. The summed E-state index contributed by atoms with van der Waals surface area (Å²) in [6.45, 7) is 18.2. The highest BCUT2D eigenvalue weighted by atomic mass is 35.5. The van der Waals surface area contributed by atoms with Crippen molar-refractivity contribution in [1.82, 2.24) is 25.3 Å². The third-order valence-corrected chi connectivity index (χ3v) is 14.5. The van der Waals surface area contributed by atoms with E-state index >= 15 is 0 Å². The number of benzene rings is 2. The van der Waals surface area contributed by atoms with Crippen molar-refractivity contribution in [2.45, 2.75) is 90.4 Å². The Kier molecular flexibility index (Phi) is 10.9.